The molecule has 1 atom stereocenters. The van der Waals surface area contributed by atoms with Gasteiger partial charge in [-0.25, -0.2) is 4.79 Å². The number of piperidine rings is 1. The first-order chi connectivity index (χ1) is 21.2. The average Bonchev–Trinajstić information content (AvgIpc) is 3.32. The van der Waals surface area contributed by atoms with Gasteiger partial charge < -0.3 is 37.6 Å². The highest BCUT2D eigenvalue weighted by Gasteiger charge is 2.20. The molecule has 0 unspecified atom stereocenters. The summed E-state index contributed by atoms with van der Waals surface area (Å²) in [5.74, 6) is 0.572. The van der Waals surface area contributed by atoms with E-state index in [2.05, 4.69) is 49.5 Å². The summed E-state index contributed by atoms with van der Waals surface area (Å²) in [6.07, 6.45) is 6.23. The summed E-state index contributed by atoms with van der Waals surface area (Å²) in [5, 5.41) is 12.8. The summed E-state index contributed by atoms with van der Waals surface area (Å²) in [7, 11) is 0. The molecular formula is C30H47N11O3. The van der Waals surface area contributed by atoms with Crippen LogP contribution in [-0.4, -0.2) is 75.1 Å². The van der Waals surface area contributed by atoms with Crippen LogP contribution in [0.3, 0.4) is 0 Å². The Morgan fingerprint density at radius 3 is 2.50 bits per heavy atom. The van der Waals surface area contributed by atoms with Gasteiger partial charge >= 0.3 is 11.7 Å². The number of carbonyl (C=O) groups excluding carboxylic acids is 1. The fraction of sp³-hybridized carbons (Fsp3) is 0.567. The largest absolute Gasteiger partial charge is 0.463 e. The first kappa shape index (κ1) is 32.7. The molecule has 3 heterocycles. The minimum Gasteiger partial charge on any atom is -0.463 e. The van der Waals surface area contributed by atoms with Gasteiger partial charge in [-0.15, -0.1) is 0 Å². The number of imidazole rings is 1. The maximum absolute atomic E-state index is 12.7. The van der Waals surface area contributed by atoms with Crippen molar-refractivity contribution in [3.05, 3.63) is 45.9 Å². The Labute approximate surface area is 257 Å². The number of likely N-dealkylation sites (tertiary alicyclic amines) is 1. The topological polar surface area (TPSA) is 219 Å². The van der Waals surface area contributed by atoms with Crippen molar-refractivity contribution >= 4 is 28.8 Å². The molecule has 4 rings (SSSR count). The van der Waals surface area contributed by atoms with Crippen molar-refractivity contribution in [2.75, 3.05) is 38.5 Å². The normalized spacial score (nSPS) is 14.9. The lowest BCUT2D eigenvalue weighted by Crippen LogP contribution is -2.42. The summed E-state index contributed by atoms with van der Waals surface area (Å²) in [6.45, 7) is 6.98. The lowest BCUT2D eigenvalue weighted by atomic mass is 9.93. The minimum absolute atomic E-state index is 0.0750. The Kier molecular flexibility index (Phi) is 11.9. The number of unbranched alkanes of at least 4 members (excludes halogenated alkanes) is 1. The minimum atomic E-state index is -0.546. The molecule has 2 aromatic heterocycles. The van der Waals surface area contributed by atoms with E-state index in [1.165, 1.54) is 5.56 Å². The molecule has 0 spiro atoms. The second-order valence-corrected chi connectivity index (χ2v) is 11.5. The van der Waals surface area contributed by atoms with Crippen molar-refractivity contribution < 1.29 is 9.53 Å². The van der Waals surface area contributed by atoms with Gasteiger partial charge in [0.05, 0.1) is 19.2 Å². The second-order valence-electron chi connectivity index (χ2n) is 11.5. The van der Waals surface area contributed by atoms with Crippen LogP contribution in [0.1, 0.15) is 63.0 Å². The van der Waals surface area contributed by atoms with Gasteiger partial charge in [-0.05, 0) is 68.7 Å². The Morgan fingerprint density at radius 2 is 1.82 bits per heavy atom. The van der Waals surface area contributed by atoms with Crippen LogP contribution in [0, 0.1) is 11.3 Å². The molecule has 1 aliphatic heterocycles. The first-order valence-corrected chi connectivity index (χ1v) is 15.5. The number of benzene rings is 1. The Bertz CT molecular complexity index is 1430. The van der Waals surface area contributed by atoms with Crippen LogP contribution in [0.4, 0.5) is 5.82 Å². The number of amides is 1. The maximum atomic E-state index is 12.7. The van der Waals surface area contributed by atoms with Gasteiger partial charge in [0, 0.05) is 19.6 Å². The standard InChI is InChI=1S/C30H47N11O3/c1-2-3-17-44-29-38-25(32)24-26(39-29)41(30(43)37-24)19-22-8-6-21(7-9-22)18-40-15-11-20(12-16-40)10-14-35-27(42)23(31)5-4-13-36-28(33)34/h6-9,20,23H,2-5,10-19,31H2,1H3,(H,35,42)(H,37,43)(H2,32,38,39)(H4,33,34,36)/t23-/m0/s1. The molecule has 1 aromatic carbocycles. The summed E-state index contributed by atoms with van der Waals surface area (Å²) in [6, 6.07) is 7.94. The molecule has 0 radical (unpaired) electrons. The van der Waals surface area contributed by atoms with E-state index < -0.39 is 6.04 Å². The number of nitrogen functional groups attached to an aromatic ring is 1. The van der Waals surface area contributed by atoms with Crippen molar-refractivity contribution in [2.24, 2.45) is 17.4 Å². The van der Waals surface area contributed by atoms with Crippen LogP contribution in [0.2, 0.25) is 0 Å². The van der Waals surface area contributed by atoms with Crippen LogP contribution in [0.15, 0.2) is 29.1 Å². The number of aromatic amines is 1. The number of hydrogen-bond acceptors (Lipinski definition) is 9. The predicted octanol–water partition coefficient (Wildman–Crippen LogP) is 1.24. The van der Waals surface area contributed by atoms with Gasteiger partial charge in [-0.1, -0.05) is 37.6 Å². The number of guanidine groups is 1. The van der Waals surface area contributed by atoms with Crippen LogP contribution in [0.5, 0.6) is 6.01 Å². The molecule has 0 saturated carbocycles. The number of hydrogen-bond donors (Lipinski definition) is 7. The summed E-state index contributed by atoms with van der Waals surface area (Å²) >= 11 is 0. The lowest BCUT2D eigenvalue weighted by Gasteiger charge is -2.32. The highest BCUT2D eigenvalue weighted by molar-refractivity contribution is 5.82. The number of aromatic nitrogens is 4. The number of nitrogens with one attached hydrogen (secondary N) is 4. The SMILES string of the molecule is CCCCOc1nc(N)c2[nH]c(=O)n(Cc3ccc(CN4CCC(CCNC(=O)[C@@H](N)CCCNC(=N)N)CC4)cc3)c2n1. The number of rotatable bonds is 16. The lowest BCUT2D eigenvalue weighted by molar-refractivity contribution is -0.122. The van der Waals surface area contributed by atoms with E-state index in [0.29, 0.717) is 56.2 Å². The van der Waals surface area contributed by atoms with Crippen molar-refractivity contribution in [2.45, 2.75) is 71.0 Å². The first-order valence-electron chi connectivity index (χ1n) is 15.5. The monoisotopic (exact) mass is 609 g/mol. The Morgan fingerprint density at radius 1 is 1.11 bits per heavy atom. The number of carbonyl (C=O) groups is 1. The van der Waals surface area contributed by atoms with Crippen molar-refractivity contribution in [3.63, 3.8) is 0 Å². The molecule has 0 bridgehead atoms. The van der Waals surface area contributed by atoms with Gasteiger partial charge in [0.2, 0.25) is 5.91 Å². The van der Waals surface area contributed by atoms with Gasteiger partial charge in [0.15, 0.2) is 17.4 Å². The third-order valence-corrected chi connectivity index (χ3v) is 8.03. The third-order valence-electron chi connectivity index (χ3n) is 8.03. The molecule has 1 saturated heterocycles. The quantitative estimate of drug-likeness (QED) is 0.0699. The van der Waals surface area contributed by atoms with E-state index in [4.69, 9.17) is 27.3 Å². The molecule has 1 aliphatic rings. The number of ether oxygens (including phenoxy) is 1. The summed E-state index contributed by atoms with van der Waals surface area (Å²) in [5.41, 5.74) is 20.1. The van der Waals surface area contributed by atoms with Crippen LogP contribution >= 0.6 is 0 Å². The average molecular weight is 610 g/mol. The fourth-order valence-corrected chi connectivity index (χ4v) is 5.38. The Balaban J connectivity index is 1.20. The molecule has 1 fully saturated rings. The van der Waals surface area contributed by atoms with Gasteiger partial charge in [0.1, 0.15) is 5.52 Å². The molecule has 1 amide bonds. The van der Waals surface area contributed by atoms with Gasteiger partial charge in [-0.2, -0.15) is 9.97 Å². The molecule has 44 heavy (non-hydrogen) atoms. The van der Waals surface area contributed by atoms with Crippen LogP contribution < -0.4 is 38.3 Å². The third kappa shape index (κ3) is 9.41. The molecule has 0 aliphatic carbocycles. The highest BCUT2D eigenvalue weighted by atomic mass is 16.5. The van der Waals surface area contributed by atoms with E-state index in [-0.39, 0.29) is 29.4 Å². The molecule has 3 aromatic rings. The molecular weight excluding hydrogens is 562 g/mol. The van der Waals surface area contributed by atoms with Crippen molar-refractivity contribution in [1.29, 1.82) is 5.41 Å². The van der Waals surface area contributed by atoms with E-state index in [1.54, 1.807) is 4.57 Å². The molecule has 240 valence electrons. The molecule has 14 heteroatoms. The summed E-state index contributed by atoms with van der Waals surface area (Å²) < 4.78 is 7.19. The van der Waals surface area contributed by atoms with E-state index >= 15 is 0 Å². The van der Waals surface area contributed by atoms with Crippen molar-refractivity contribution in [1.82, 2.24) is 35.1 Å². The second kappa shape index (κ2) is 16.1. The van der Waals surface area contributed by atoms with Crippen LogP contribution in [0.25, 0.3) is 11.2 Å². The Hall–Kier alpha value is -4.17. The van der Waals surface area contributed by atoms with Crippen LogP contribution in [-0.2, 0) is 17.9 Å². The number of nitrogens with two attached hydrogens (primary N) is 3. The zero-order valence-electron chi connectivity index (χ0n) is 25.6. The van der Waals surface area contributed by atoms with Crippen molar-refractivity contribution in [3.8, 4) is 6.01 Å². The molecule has 14 nitrogen and oxygen atoms in total. The molecule has 10 N–H and O–H groups in total. The number of nitrogens with zero attached hydrogens (tertiary/aromatic N) is 4. The fourth-order valence-electron chi connectivity index (χ4n) is 5.38. The van der Waals surface area contributed by atoms with Gasteiger partial charge in [-0.3, -0.25) is 19.7 Å². The van der Waals surface area contributed by atoms with E-state index in [0.717, 1.165) is 57.3 Å². The smallest absolute Gasteiger partial charge is 0.328 e. The number of H-pyrrole nitrogens is 1. The zero-order valence-corrected chi connectivity index (χ0v) is 25.6. The van der Waals surface area contributed by atoms with E-state index in [9.17, 15) is 9.59 Å². The predicted molar refractivity (Wildman–Crippen MR) is 171 cm³/mol. The number of fused-ring (bicyclic) bond motifs is 1. The van der Waals surface area contributed by atoms with Gasteiger partial charge in [0.25, 0.3) is 0 Å². The van der Waals surface area contributed by atoms with E-state index in [1.807, 2.05) is 12.1 Å². The number of anilines is 1. The summed E-state index contributed by atoms with van der Waals surface area (Å²) in [4.78, 5) is 38.8. The maximum Gasteiger partial charge on any atom is 0.328 e. The zero-order chi connectivity index (χ0) is 31.5. The highest BCUT2D eigenvalue weighted by Crippen LogP contribution is 2.22.